The third-order valence-corrected chi connectivity index (χ3v) is 2.75. The van der Waals surface area contributed by atoms with Crippen molar-refractivity contribution < 1.29 is 4.74 Å². The van der Waals surface area contributed by atoms with Crippen molar-refractivity contribution in [2.45, 2.75) is 72.4 Å². The molecule has 98 valence electrons. The Kier molecular flexibility index (Phi) is 10.0. The SMILES string of the molecule is CCCNC(CCC)C(CC)OCC(C)C. The molecule has 0 aliphatic carbocycles. The van der Waals surface area contributed by atoms with Gasteiger partial charge in [-0.15, -0.1) is 0 Å². The second kappa shape index (κ2) is 10.1. The normalized spacial score (nSPS) is 15.4. The largest absolute Gasteiger partial charge is 0.376 e. The molecule has 2 heteroatoms. The molecule has 0 bridgehead atoms. The first-order valence-electron chi connectivity index (χ1n) is 7.00. The molecular weight excluding hydrogens is 198 g/mol. The Morgan fingerprint density at radius 2 is 1.75 bits per heavy atom. The van der Waals surface area contributed by atoms with Gasteiger partial charge in [-0.2, -0.15) is 0 Å². The molecule has 0 aromatic rings. The molecule has 2 nitrogen and oxygen atoms in total. The second-order valence-corrected chi connectivity index (χ2v) is 5.02. The lowest BCUT2D eigenvalue weighted by atomic mass is 10.0. The lowest BCUT2D eigenvalue weighted by Crippen LogP contribution is -2.42. The molecule has 0 aliphatic heterocycles. The average molecular weight is 229 g/mol. The molecular formula is C14H31NO. The lowest BCUT2D eigenvalue weighted by molar-refractivity contribution is 0.00741. The van der Waals surface area contributed by atoms with E-state index < -0.39 is 0 Å². The van der Waals surface area contributed by atoms with Gasteiger partial charge in [-0.25, -0.2) is 0 Å². The van der Waals surface area contributed by atoms with Crippen LogP contribution in [0.2, 0.25) is 0 Å². The minimum atomic E-state index is 0.383. The van der Waals surface area contributed by atoms with Crippen molar-refractivity contribution in [2.75, 3.05) is 13.2 Å². The predicted molar refractivity (Wildman–Crippen MR) is 71.9 cm³/mol. The maximum absolute atomic E-state index is 6.00. The standard InChI is InChI=1S/C14H31NO/c1-6-9-13(15-10-7-2)14(8-3)16-11-12(4)5/h12-15H,6-11H2,1-5H3. The first kappa shape index (κ1) is 15.9. The summed E-state index contributed by atoms with van der Waals surface area (Å²) in [6, 6.07) is 0.536. The molecule has 1 N–H and O–H groups in total. The Bertz CT molecular complexity index is 148. The Labute approximate surface area is 102 Å². The van der Waals surface area contributed by atoms with Crippen LogP contribution in [-0.2, 0) is 4.74 Å². The number of hydrogen-bond donors (Lipinski definition) is 1. The zero-order valence-corrected chi connectivity index (χ0v) is 11.9. The van der Waals surface area contributed by atoms with E-state index in [4.69, 9.17) is 4.74 Å². The van der Waals surface area contributed by atoms with E-state index in [1.165, 1.54) is 19.3 Å². The third-order valence-electron chi connectivity index (χ3n) is 2.75. The van der Waals surface area contributed by atoms with Gasteiger partial charge in [0, 0.05) is 12.6 Å². The zero-order valence-electron chi connectivity index (χ0n) is 11.9. The van der Waals surface area contributed by atoms with E-state index in [-0.39, 0.29) is 0 Å². The molecule has 0 spiro atoms. The molecule has 0 aromatic carbocycles. The van der Waals surface area contributed by atoms with Crippen molar-refractivity contribution in [3.63, 3.8) is 0 Å². The van der Waals surface area contributed by atoms with E-state index in [2.05, 4.69) is 39.9 Å². The van der Waals surface area contributed by atoms with Crippen LogP contribution >= 0.6 is 0 Å². The molecule has 0 rings (SSSR count). The van der Waals surface area contributed by atoms with E-state index in [9.17, 15) is 0 Å². The monoisotopic (exact) mass is 229 g/mol. The topological polar surface area (TPSA) is 21.3 Å². The minimum Gasteiger partial charge on any atom is -0.376 e. The van der Waals surface area contributed by atoms with Crippen molar-refractivity contribution in [2.24, 2.45) is 5.92 Å². The molecule has 2 atom stereocenters. The summed E-state index contributed by atoms with van der Waals surface area (Å²) in [4.78, 5) is 0. The van der Waals surface area contributed by atoms with Gasteiger partial charge in [0.1, 0.15) is 0 Å². The Hall–Kier alpha value is -0.0800. The summed E-state index contributed by atoms with van der Waals surface area (Å²) in [5.41, 5.74) is 0. The summed E-state index contributed by atoms with van der Waals surface area (Å²) in [5, 5.41) is 3.62. The van der Waals surface area contributed by atoms with Gasteiger partial charge in [0.15, 0.2) is 0 Å². The van der Waals surface area contributed by atoms with E-state index in [0.717, 1.165) is 19.6 Å². The van der Waals surface area contributed by atoms with Crippen LogP contribution in [0.15, 0.2) is 0 Å². The molecule has 0 radical (unpaired) electrons. The predicted octanol–water partition coefficient (Wildman–Crippen LogP) is 3.61. The summed E-state index contributed by atoms with van der Waals surface area (Å²) in [5.74, 6) is 0.627. The third kappa shape index (κ3) is 7.24. The van der Waals surface area contributed by atoms with Gasteiger partial charge < -0.3 is 10.1 Å². The maximum Gasteiger partial charge on any atom is 0.0725 e. The van der Waals surface area contributed by atoms with Gasteiger partial charge in [-0.05, 0) is 31.7 Å². The van der Waals surface area contributed by atoms with Crippen LogP contribution in [0.25, 0.3) is 0 Å². The Balaban J connectivity index is 4.09. The van der Waals surface area contributed by atoms with Crippen molar-refractivity contribution in [1.82, 2.24) is 5.32 Å². The fourth-order valence-electron chi connectivity index (χ4n) is 1.89. The summed E-state index contributed by atoms with van der Waals surface area (Å²) in [6.45, 7) is 13.1. The van der Waals surface area contributed by atoms with Crippen LogP contribution in [0.3, 0.4) is 0 Å². The van der Waals surface area contributed by atoms with Crippen LogP contribution < -0.4 is 5.32 Å². The van der Waals surface area contributed by atoms with Gasteiger partial charge >= 0.3 is 0 Å². The Morgan fingerprint density at radius 3 is 2.19 bits per heavy atom. The second-order valence-electron chi connectivity index (χ2n) is 5.02. The number of rotatable bonds is 10. The summed E-state index contributed by atoms with van der Waals surface area (Å²) < 4.78 is 6.00. The van der Waals surface area contributed by atoms with Gasteiger partial charge in [-0.1, -0.05) is 41.0 Å². The molecule has 0 saturated carbocycles. The molecule has 0 heterocycles. The van der Waals surface area contributed by atoms with Crippen molar-refractivity contribution in [3.05, 3.63) is 0 Å². The van der Waals surface area contributed by atoms with Crippen LogP contribution in [0, 0.1) is 5.92 Å². The quantitative estimate of drug-likeness (QED) is 0.618. The van der Waals surface area contributed by atoms with E-state index >= 15 is 0 Å². The highest BCUT2D eigenvalue weighted by atomic mass is 16.5. The van der Waals surface area contributed by atoms with E-state index in [1.807, 2.05) is 0 Å². The van der Waals surface area contributed by atoms with Crippen molar-refractivity contribution >= 4 is 0 Å². The smallest absolute Gasteiger partial charge is 0.0725 e. The summed E-state index contributed by atoms with van der Waals surface area (Å²) in [6.07, 6.45) is 5.13. The first-order chi connectivity index (χ1) is 7.65. The maximum atomic E-state index is 6.00. The molecule has 16 heavy (non-hydrogen) atoms. The average Bonchev–Trinajstić information content (AvgIpc) is 2.26. The highest BCUT2D eigenvalue weighted by molar-refractivity contribution is 4.76. The van der Waals surface area contributed by atoms with E-state index in [0.29, 0.717) is 18.1 Å². The number of ether oxygens (including phenoxy) is 1. The van der Waals surface area contributed by atoms with Crippen molar-refractivity contribution in [1.29, 1.82) is 0 Å². The molecule has 0 fully saturated rings. The zero-order chi connectivity index (χ0) is 12.4. The fourth-order valence-corrected chi connectivity index (χ4v) is 1.89. The highest BCUT2D eigenvalue weighted by Gasteiger charge is 2.19. The summed E-state index contributed by atoms with van der Waals surface area (Å²) >= 11 is 0. The molecule has 0 aliphatic rings. The van der Waals surface area contributed by atoms with Gasteiger partial charge in [0.2, 0.25) is 0 Å². The fraction of sp³-hybridized carbons (Fsp3) is 1.00. The van der Waals surface area contributed by atoms with Crippen LogP contribution in [0.1, 0.15) is 60.3 Å². The number of hydrogen-bond acceptors (Lipinski definition) is 2. The van der Waals surface area contributed by atoms with Crippen LogP contribution in [-0.4, -0.2) is 25.3 Å². The minimum absolute atomic E-state index is 0.383. The van der Waals surface area contributed by atoms with Crippen LogP contribution in [0.4, 0.5) is 0 Å². The van der Waals surface area contributed by atoms with E-state index in [1.54, 1.807) is 0 Å². The van der Waals surface area contributed by atoms with Crippen molar-refractivity contribution in [3.8, 4) is 0 Å². The Morgan fingerprint density at radius 1 is 1.06 bits per heavy atom. The number of nitrogens with one attached hydrogen (secondary N) is 1. The summed E-state index contributed by atoms with van der Waals surface area (Å²) in [7, 11) is 0. The molecule has 0 saturated heterocycles. The van der Waals surface area contributed by atoms with Gasteiger partial charge in [0.05, 0.1) is 6.10 Å². The van der Waals surface area contributed by atoms with Crippen LogP contribution in [0.5, 0.6) is 0 Å². The van der Waals surface area contributed by atoms with Gasteiger partial charge in [-0.3, -0.25) is 0 Å². The highest BCUT2D eigenvalue weighted by Crippen LogP contribution is 2.11. The molecule has 0 amide bonds. The first-order valence-corrected chi connectivity index (χ1v) is 7.00. The molecule has 0 aromatic heterocycles. The molecule has 2 unspecified atom stereocenters. The lowest BCUT2D eigenvalue weighted by Gasteiger charge is -2.28. The van der Waals surface area contributed by atoms with Gasteiger partial charge in [0.25, 0.3) is 0 Å².